The summed E-state index contributed by atoms with van der Waals surface area (Å²) in [5, 5.41) is 7.68. The van der Waals surface area contributed by atoms with Gasteiger partial charge in [0.05, 0.1) is 11.4 Å². The zero-order chi connectivity index (χ0) is 16.1. The second kappa shape index (κ2) is 7.04. The molecule has 0 radical (unpaired) electrons. The number of hydrogen-bond acceptors (Lipinski definition) is 3. The number of carbonyl (C=O) groups excluding carboxylic acids is 1. The van der Waals surface area contributed by atoms with Crippen molar-refractivity contribution in [2.45, 2.75) is 20.8 Å². The zero-order valence-corrected chi connectivity index (χ0v) is 13.6. The van der Waals surface area contributed by atoms with Crippen molar-refractivity contribution in [3.8, 4) is 5.69 Å². The lowest BCUT2D eigenvalue weighted by atomic mass is 10.2. The van der Waals surface area contributed by atoms with E-state index in [1.165, 1.54) is 0 Å². The Labute approximate surface area is 134 Å². The highest BCUT2D eigenvalue weighted by Crippen LogP contribution is 2.12. The van der Waals surface area contributed by atoms with Crippen molar-refractivity contribution in [1.29, 1.82) is 0 Å². The summed E-state index contributed by atoms with van der Waals surface area (Å²) in [5.41, 5.74) is 8.65. The molecule has 0 saturated carbocycles. The Kier molecular flexibility index (Phi) is 5.11. The third-order valence-corrected chi connectivity index (χ3v) is 3.26. The maximum absolute atomic E-state index is 12.0. The van der Waals surface area contributed by atoms with E-state index in [1.807, 2.05) is 43.7 Å². The van der Waals surface area contributed by atoms with Crippen LogP contribution < -0.4 is 16.2 Å². The molecule has 1 amide bonds. The molecule has 0 unspecified atom stereocenters. The topological polar surface area (TPSA) is 71.0 Å². The second-order valence-corrected chi connectivity index (χ2v) is 5.23. The van der Waals surface area contributed by atoms with Crippen LogP contribution in [0, 0.1) is 13.8 Å². The van der Waals surface area contributed by atoms with E-state index in [4.69, 9.17) is 12.2 Å². The Bertz CT molecular complexity index is 678. The van der Waals surface area contributed by atoms with Crippen LogP contribution >= 0.6 is 12.2 Å². The molecule has 6 nitrogen and oxygen atoms in total. The highest BCUT2D eigenvalue weighted by molar-refractivity contribution is 7.80. The van der Waals surface area contributed by atoms with Gasteiger partial charge in [-0.05, 0) is 63.3 Å². The van der Waals surface area contributed by atoms with Crippen LogP contribution in [0.1, 0.15) is 28.7 Å². The van der Waals surface area contributed by atoms with Crippen LogP contribution in [0.2, 0.25) is 0 Å². The monoisotopic (exact) mass is 317 g/mol. The zero-order valence-electron chi connectivity index (χ0n) is 12.8. The smallest absolute Gasteiger partial charge is 0.269 e. The molecule has 0 spiro atoms. The van der Waals surface area contributed by atoms with Gasteiger partial charge in [-0.3, -0.25) is 15.6 Å². The van der Waals surface area contributed by atoms with Gasteiger partial charge in [-0.25, -0.2) is 4.68 Å². The van der Waals surface area contributed by atoms with E-state index in [0.29, 0.717) is 17.2 Å². The normalized spacial score (nSPS) is 10.1. The van der Waals surface area contributed by atoms with Crippen LogP contribution in [0.3, 0.4) is 0 Å². The fraction of sp³-hybridized carbons (Fsp3) is 0.267. The number of aromatic nitrogens is 2. The highest BCUT2D eigenvalue weighted by Gasteiger charge is 2.08. The molecule has 0 bridgehead atoms. The Morgan fingerprint density at radius 2 is 1.91 bits per heavy atom. The van der Waals surface area contributed by atoms with Crippen LogP contribution in [-0.2, 0) is 0 Å². The van der Waals surface area contributed by atoms with Gasteiger partial charge in [0.25, 0.3) is 5.91 Å². The number of aryl methyl sites for hydroxylation is 2. The SMILES string of the molecule is CCNC(=S)NNC(=O)c1ccc(-n2nc(C)cc2C)cc1. The average molecular weight is 317 g/mol. The van der Waals surface area contributed by atoms with E-state index < -0.39 is 0 Å². The first kappa shape index (κ1) is 16.0. The van der Waals surface area contributed by atoms with E-state index in [2.05, 4.69) is 21.3 Å². The molecular weight excluding hydrogens is 298 g/mol. The summed E-state index contributed by atoms with van der Waals surface area (Å²) in [4.78, 5) is 12.0. The highest BCUT2D eigenvalue weighted by atomic mass is 32.1. The van der Waals surface area contributed by atoms with Crippen molar-refractivity contribution in [2.24, 2.45) is 0 Å². The van der Waals surface area contributed by atoms with Gasteiger partial charge in [0.2, 0.25) is 0 Å². The van der Waals surface area contributed by atoms with Crippen LogP contribution in [0.5, 0.6) is 0 Å². The molecule has 2 aromatic rings. The molecule has 0 aliphatic rings. The predicted molar refractivity (Wildman–Crippen MR) is 89.9 cm³/mol. The lowest BCUT2D eigenvalue weighted by molar-refractivity contribution is 0.0943. The fourth-order valence-electron chi connectivity index (χ4n) is 2.03. The number of carbonyl (C=O) groups is 1. The Balaban J connectivity index is 2.04. The van der Waals surface area contributed by atoms with Crippen LogP contribution in [-0.4, -0.2) is 27.3 Å². The van der Waals surface area contributed by atoms with Crippen LogP contribution in [0.25, 0.3) is 5.69 Å². The Hall–Kier alpha value is -2.41. The first-order valence-corrected chi connectivity index (χ1v) is 7.40. The van der Waals surface area contributed by atoms with Crippen LogP contribution in [0.4, 0.5) is 0 Å². The predicted octanol–water partition coefficient (Wildman–Crippen LogP) is 1.62. The minimum atomic E-state index is -0.250. The van der Waals surface area contributed by atoms with Gasteiger partial charge >= 0.3 is 0 Å². The molecule has 1 aromatic heterocycles. The molecule has 0 saturated heterocycles. The molecule has 1 heterocycles. The fourth-order valence-corrected chi connectivity index (χ4v) is 2.23. The van der Waals surface area contributed by atoms with Crippen molar-refractivity contribution in [3.63, 3.8) is 0 Å². The first-order chi connectivity index (χ1) is 10.5. The lowest BCUT2D eigenvalue weighted by Gasteiger charge is -2.10. The van der Waals surface area contributed by atoms with Gasteiger partial charge in [0.15, 0.2) is 5.11 Å². The van der Waals surface area contributed by atoms with Crippen LogP contribution in [0.15, 0.2) is 30.3 Å². The summed E-state index contributed by atoms with van der Waals surface area (Å²) in [5.74, 6) is -0.250. The average Bonchev–Trinajstić information content (AvgIpc) is 2.84. The number of thiocarbonyl (C=S) groups is 1. The summed E-state index contributed by atoms with van der Waals surface area (Å²) in [6, 6.07) is 9.22. The minimum absolute atomic E-state index is 0.250. The third kappa shape index (κ3) is 3.82. The summed E-state index contributed by atoms with van der Waals surface area (Å²) in [7, 11) is 0. The summed E-state index contributed by atoms with van der Waals surface area (Å²) >= 11 is 4.97. The minimum Gasteiger partial charge on any atom is -0.362 e. The summed E-state index contributed by atoms with van der Waals surface area (Å²) in [6.45, 7) is 6.56. The van der Waals surface area contributed by atoms with Crippen molar-refractivity contribution < 1.29 is 4.79 Å². The molecular formula is C15H19N5OS. The number of nitrogens with zero attached hydrogens (tertiary/aromatic N) is 2. The number of hydrazine groups is 1. The van der Waals surface area contributed by atoms with Gasteiger partial charge < -0.3 is 5.32 Å². The van der Waals surface area contributed by atoms with E-state index in [1.54, 1.807) is 12.1 Å². The summed E-state index contributed by atoms with van der Waals surface area (Å²) in [6.07, 6.45) is 0. The van der Waals surface area contributed by atoms with Gasteiger partial charge in [-0.2, -0.15) is 5.10 Å². The Morgan fingerprint density at radius 3 is 2.45 bits per heavy atom. The number of rotatable bonds is 3. The van der Waals surface area contributed by atoms with Gasteiger partial charge in [-0.1, -0.05) is 0 Å². The maximum atomic E-state index is 12.0. The number of hydrogen-bond donors (Lipinski definition) is 3. The largest absolute Gasteiger partial charge is 0.362 e. The molecule has 116 valence electrons. The molecule has 0 aliphatic heterocycles. The van der Waals surface area contributed by atoms with Gasteiger partial charge in [0, 0.05) is 17.8 Å². The van der Waals surface area contributed by atoms with E-state index >= 15 is 0 Å². The second-order valence-electron chi connectivity index (χ2n) is 4.82. The molecule has 7 heteroatoms. The molecule has 0 atom stereocenters. The molecule has 3 N–H and O–H groups in total. The van der Waals surface area contributed by atoms with Crippen molar-refractivity contribution >= 4 is 23.2 Å². The molecule has 22 heavy (non-hydrogen) atoms. The molecule has 0 aliphatic carbocycles. The number of benzene rings is 1. The van der Waals surface area contributed by atoms with E-state index in [0.717, 1.165) is 17.1 Å². The van der Waals surface area contributed by atoms with E-state index in [-0.39, 0.29) is 5.91 Å². The first-order valence-electron chi connectivity index (χ1n) is 6.99. The third-order valence-electron chi connectivity index (χ3n) is 3.01. The van der Waals surface area contributed by atoms with Gasteiger partial charge in [0.1, 0.15) is 0 Å². The van der Waals surface area contributed by atoms with Crippen molar-refractivity contribution in [2.75, 3.05) is 6.54 Å². The quantitative estimate of drug-likeness (QED) is 0.593. The van der Waals surface area contributed by atoms with E-state index in [9.17, 15) is 4.79 Å². The molecule has 0 fully saturated rings. The standard InChI is InChI=1S/C15H19N5OS/c1-4-16-15(22)18-17-14(21)12-5-7-13(8-6-12)20-11(3)9-10(2)19-20/h5-9H,4H2,1-3H3,(H,17,21)(H2,16,18,22). The van der Waals surface area contributed by atoms with Crippen molar-refractivity contribution in [1.82, 2.24) is 25.9 Å². The number of nitrogens with one attached hydrogen (secondary N) is 3. The van der Waals surface area contributed by atoms with Gasteiger partial charge in [-0.15, -0.1) is 0 Å². The maximum Gasteiger partial charge on any atom is 0.269 e. The molecule has 2 rings (SSSR count). The Morgan fingerprint density at radius 1 is 1.23 bits per heavy atom. The van der Waals surface area contributed by atoms with Crippen molar-refractivity contribution in [3.05, 3.63) is 47.3 Å². The number of amides is 1. The molecule has 1 aromatic carbocycles. The lowest BCUT2D eigenvalue weighted by Crippen LogP contribution is -2.46. The summed E-state index contributed by atoms with van der Waals surface area (Å²) < 4.78 is 1.84.